The largest absolute Gasteiger partial charge is 0.227 e. The Kier molecular flexibility index (Phi) is 3.87. The van der Waals surface area contributed by atoms with E-state index in [0.717, 1.165) is 32.6 Å². The first-order valence-electron chi connectivity index (χ1n) is 6.01. The lowest BCUT2D eigenvalue weighted by atomic mass is 10.1. The van der Waals surface area contributed by atoms with Crippen molar-refractivity contribution < 1.29 is 0 Å². The van der Waals surface area contributed by atoms with Gasteiger partial charge in [-0.25, -0.2) is 9.97 Å². The number of aryl methyl sites for hydroxylation is 3. The molecule has 0 N–H and O–H groups in total. The molecule has 0 atom stereocenters. The van der Waals surface area contributed by atoms with Crippen LogP contribution in [-0.2, 0) is 0 Å². The van der Waals surface area contributed by atoms with Gasteiger partial charge in [-0.2, -0.15) is 5.26 Å². The summed E-state index contributed by atoms with van der Waals surface area (Å²) in [6.45, 7) is 7.97. The molecule has 0 aliphatic heterocycles. The number of hydrogen-bond donors (Lipinski definition) is 0. The molecule has 1 heterocycles. The smallest absolute Gasteiger partial charge is 0.192 e. The van der Waals surface area contributed by atoms with E-state index in [-0.39, 0.29) is 0 Å². The SMILES string of the molecule is Cc1cc(Sc2nc(C)c(C)c(C)n2)ccc1C#N. The molecule has 2 rings (SSSR count). The number of benzene rings is 1. The molecule has 0 spiro atoms. The third kappa shape index (κ3) is 2.94. The summed E-state index contributed by atoms with van der Waals surface area (Å²) in [5, 5.41) is 9.68. The molecule has 4 heteroatoms. The minimum atomic E-state index is 0.710. The summed E-state index contributed by atoms with van der Waals surface area (Å²) in [5.41, 5.74) is 4.86. The van der Waals surface area contributed by atoms with Gasteiger partial charge >= 0.3 is 0 Å². The molecular formula is C15H15N3S. The van der Waals surface area contributed by atoms with Crippen molar-refractivity contribution in [2.45, 2.75) is 37.7 Å². The Balaban J connectivity index is 2.32. The highest BCUT2D eigenvalue weighted by molar-refractivity contribution is 7.99. The molecule has 0 amide bonds. The summed E-state index contributed by atoms with van der Waals surface area (Å²) in [6, 6.07) is 7.94. The average Bonchev–Trinajstić information content (AvgIpc) is 2.36. The first-order chi connectivity index (χ1) is 9.01. The topological polar surface area (TPSA) is 49.6 Å². The summed E-state index contributed by atoms with van der Waals surface area (Å²) in [6.07, 6.45) is 0. The van der Waals surface area contributed by atoms with E-state index >= 15 is 0 Å². The lowest BCUT2D eigenvalue weighted by molar-refractivity contribution is 0.881. The van der Waals surface area contributed by atoms with Gasteiger partial charge in [0, 0.05) is 16.3 Å². The van der Waals surface area contributed by atoms with Crippen molar-refractivity contribution in [3.8, 4) is 6.07 Å². The monoisotopic (exact) mass is 269 g/mol. The van der Waals surface area contributed by atoms with E-state index in [1.54, 1.807) is 0 Å². The average molecular weight is 269 g/mol. The van der Waals surface area contributed by atoms with Crippen molar-refractivity contribution >= 4 is 11.8 Å². The van der Waals surface area contributed by atoms with E-state index in [1.807, 2.05) is 45.9 Å². The molecule has 96 valence electrons. The van der Waals surface area contributed by atoms with Crippen LogP contribution in [0.2, 0.25) is 0 Å². The fraction of sp³-hybridized carbons (Fsp3) is 0.267. The van der Waals surface area contributed by atoms with Crippen LogP contribution in [0.25, 0.3) is 0 Å². The maximum atomic E-state index is 8.92. The lowest BCUT2D eigenvalue weighted by Crippen LogP contribution is -1.97. The zero-order valence-corrected chi connectivity index (χ0v) is 12.3. The standard InChI is InChI=1S/C15H15N3S/c1-9-7-14(6-5-13(9)8-16)19-15-17-11(3)10(2)12(4)18-15/h5-7H,1-4H3. The zero-order valence-electron chi connectivity index (χ0n) is 11.5. The number of aromatic nitrogens is 2. The van der Waals surface area contributed by atoms with Crippen LogP contribution in [0, 0.1) is 39.0 Å². The van der Waals surface area contributed by atoms with Gasteiger partial charge in [-0.05, 0) is 68.8 Å². The molecule has 0 radical (unpaired) electrons. The van der Waals surface area contributed by atoms with Gasteiger partial charge in [0.2, 0.25) is 0 Å². The highest BCUT2D eigenvalue weighted by Gasteiger charge is 2.07. The van der Waals surface area contributed by atoms with Crippen LogP contribution >= 0.6 is 11.8 Å². The fourth-order valence-corrected chi connectivity index (χ4v) is 2.67. The number of hydrogen-bond acceptors (Lipinski definition) is 4. The highest BCUT2D eigenvalue weighted by atomic mass is 32.2. The van der Waals surface area contributed by atoms with Crippen LogP contribution in [0.4, 0.5) is 0 Å². The van der Waals surface area contributed by atoms with Crippen LogP contribution in [0.15, 0.2) is 28.3 Å². The predicted octanol–water partition coefficient (Wildman–Crippen LogP) is 3.73. The molecule has 0 unspecified atom stereocenters. The molecule has 19 heavy (non-hydrogen) atoms. The number of nitrogens with zero attached hydrogens (tertiary/aromatic N) is 3. The van der Waals surface area contributed by atoms with Gasteiger partial charge in [0.25, 0.3) is 0 Å². The number of nitriles is 1. The molecule has 0 aliphatic rings. The van der Waals surface area contributed by atoms with Gasteiger partial charge in [-0.3, -0.25) is 0 Å². The van der Waals surface area contributed by atoms with Crippen LogP contribution < -0.4 is 0 Å². The van der Waals surface area contributed by atoms with Crippen LogP contribution in [-0.4, -0.2) is 9.97 Å². The van der Waals surface area contributed by atoms with Crippen molar-refractivity contribution in [1.29, 1.82) is 5.26 Å². The second-order valence-electron chi connectivity index (χ2n) is 4.49. The quantitative estimate of drug-likeness (QED) is 0.779. The van der Waals surface area contributed by atoms with E-state index in [1.165, 1.54) is 11.8 Å². The Morgan fingerprint density at radius 3 is 2.21 bits per heavy atom. The zero-order chi connectivity index (χ0) is 14.0. The Labute approximate surface area is 117 Å². The molecule has 1 aromatic carbocycles. The van der Waals surface area contributed by atoms with Crippen molar-refractivity contribution in [3.63, 3.8) is 0 Å². The number of rotatable bonds is 2. The third-order valence-corrected chi connectivity index (χ3v) is 3.99. The molecule has 0 saturated heterocycles. The Morgan fingerprint density at radius 1 is 1.05 bits per heavy atom. The van der Waals surface area contributed by atoms with Crippen LogP contribution in [0.1, 0.15) is 28.1 Å². The van der Waals surface area contributed by atoms with Crippen molar-refractivity contribution in [1.82, 2.24) is 9.97 Å². The molecule has 2 aromatic rings. The minimum absolute atomic E-state index is 0.710. The molecule has 0 fully saturated rings. The third-order valence-electron chi connectivity index (χ3n) is 3.14. The van der Waals surface area contributed by atoms with E-state index < -0.39 is 0 Å². The first kappa shape index (κ1) is 13.6. The summed E-state index contributed by atoms with van der Waals surface area (Å²) < 4.78 is 0. The summed E-state index contributed by atoms with van der Waals surface area (Å²) in [7, 11) is 0. The molecule has 0 saturated carbocycles. The van der Waals surface area contributed by atoms with E-state index in [0.29, 0.717) is 5.56 Å². The first-order valence-corrected chi connectivity index (χ1v) is 6.83. The second-order valence-corrected chi connectivity index (χ2v) is 5.53. The van der Waals surface area contributed by atoms with Crippen molar-refractivity contribution in [3.05, 3.63) is 46.3 Å². The van der Waals surface area contributed by atoms with Crippen molar-refractivity contribution in [2.75, 3.05) is 0 Å². The fourth-order valence-electron chi connectivity index (χ4n) is 1.72. The Hall–Kier alpha value is -1.86. The maximum absolute atomic E-state index is 8.92. The minimum Gasteiger partial charge on any atom is -0.227 e. The Morgan fingerprint density at radius 2 is 1.68 bits per heavy atom. The highest BCUT2D eigenvalue weighted by Crippen LogP contribution is 2.27. The Bertz CT molecular complexity index is 649. The maximum Gasteiger partial charge on any atom is 0.192 e. The van der Waals surface area contributed by atoms with Crippen molar-refractivity contribution in [2.24, 2.45) is 0 Å². The van der Waals surface area contributed by atoms with E-state index in [4.69, 9.17) is 5.26 Å². The van der Waals surface area contributed by atoms with Gasteiger partial charge in [0.1, 0.15) is 0 Å². The van der Waals surface area contributed by atoms with Gasteiger partial charge in [0.15, 0.2) is 5.16 Å². The summed E-state index contributed by atoms with van der Waals surface area (Å²) in [5.74, 6) is 0. The summed E-state index contributed by atoms with van der Waals surface area (Å²) >= 11 is 1.53. The molecule has 0 bridgehead atoms. The van der Waals surface area contributed by atoms with Gasteiger partial charge in [0.05, 0.1) is 11.6 Å². The molecule has 3 nitrogen and oxygen atoms in total. The van der Waals surface area contributed by atoms with Gasteiger partial charge in [-0.15, -0.1) is 0 Å². The second kappa shape index (κ2) is 5.41. The van der Waals surface area contributed by atoms with E-state index in [9.17, 15) is 0 Å². The van der Waals surface area contributed by atoms with Crippen LogP contribution in [0.5, 0.6) is 0 Å². The predicted molar refractivity (Wildman–Crippen MR) is 76.3 cm³/mol. The van der Waals surface area contributed by atoms with Crippen LogP contribution in [0.3, 0.4) is 0 Å². The normalized spacial score (nSPS) is 10.3. The molecule has 1 aromatic heterocycles. The summed E-state index contributed by atoms with van der Waals surface area (Å²) in [4.78, 5) is 10.0. The van der Waals surface area contributed by atoms with Gasteiger partial charge in [-0.1, -0.05) is 0 Å². The molecular weight excluding hydrogens is 254 g/mol. The molecule has 0 aliphatic carbocycles. The lowest BCUT2D eigenvalue weighted by Gasteiger charge is -2.07. The van der Waals surface area contributed by atoms with E-state index in [2.05, 4.69) is 16.0 Å². The van der Waals surface area contributed by atoms with Gasteiger partial charge < -0.3 is 0 Å².